The number of aromatic nitrogens is 3. The molecule has 5 nitrogen and oxygen atoms in total. The summed E-state index contributed by atoms with van der Waals surface area (Å²) in [6.07, 6.45) is 3.65. The monoisotopic (exact) mass is 257 g/mol. The molecule has 98 valence electrons. The van der Waals surface area contributed by atoms with Gasteiger partial charge in [-0.1, -0.05) is 13.0 Å². The van der Waals surface area contributed by atoms with Crippen molar-refractivity contribution in [1.29, 1.82) is 0 Å². The number of aryl methyl sites for hydroxylation is 3. The topological polar surface area (TPSA) is 76.0 Å². The first-order valence-corrected chi connectivity index (χ1v) is 6.05. The first-order chi connectivity index (χ1) is 9.02. The molecule has 0 amide bonds. The van der Waals surface area contributed by atoms with Crippen LogP contribution in [-0.4, -0.2) is 26.0 Å². The van der Waals surface area contributed by atoms with Gasteiger partial charge in [-0.2, -0.15) is 0 Å². The second-order valence-corrected chi connectivity index (χ2v) is 4.39. The first kappa shape index (κ1) is 13.1. The molecule has 0 saturated heterocycles. The van der Waals surface area contributed by atoms with Gasteiger partial charge in [-0.25, -0.2) is 14.8 Å². The summed E-state index contributed by atoms with van der Waals surface area (Å²) in [5, 5.41) is 9.05. The summed E-state index contributed by atoms with van der Waals surface area (Å²) in [5.41, 5.74) is 3.41. The van der Waals surface area contributed by atoms with Crippen LogP contribution in [0.2, 0.25) is 0 Å². The number of aromatic carboxylic acids is 1. The van der Waals surface area contributed by atoms with Crippen molar-refractivity contribution in [3.05, 3.63) is 40.8 Å². The van der Waals surface area contributed by atoms with Crippen LogP contribution in [0.3, 0.4) is 0 Å². The highest BCUT2D eigenvalue weighted by atomic mass is 16.4. The van der Waals surface area contributed by atoms with Gasteiger partial charge in [0.15, 0.2) is 5.82 Å². The van der Waals surface area contributed by atoms with E-state index in [0.29, 0.717) is 23.6 Å². The highest BCUT2D eigenvalue weighted by Crippen LogP contribution is 2.19. The van der Waals surface area contributed by atoms with Gasteiger partial charge in [-0.15, -0.1) is 0 Å². The molecule has 0 atom stereocenters. The lowest BCUT2D eigenvalue weighted by molar-refractivity contribution is 0.0694. The fourth-order valence-corrected chi connectivity index (χ4v) is 1.93. The minimum Gasteiger partial charge on any atom is -0.478 e. The average Bonchev–Trinajstić information content (AvgIpc) is 2.37. The maximum Gasteiger partial charge on any atom is 0.339 e. The van der Waals surface area contributed by atoms with Crippen molar-refractivity contribution < 1.29 is 9.90 Å². The molecule has 19 heavy (non-hydrogen) atoms. The average molecular weight is 257 g/mol. The van der Waals surface area contributed by atoms with E-state index in [1.807, 2.05) is 26.8 Å². The van der Waals surface area contributed by atoms with E-state index in [4.69, 9.17) is 5.11 Å². The molecule has 2 heterocycles. The molecule has 0 radical (unpaired) electrons. The van der Waals surface area contributed by atoms with Gasteiger partial charge in [-0.05, 0) is 31.4 Å². The highest BCUT2D eigenvalue weighted by Gasteiger charge is 2.14. The number of carboxylic acid groups (broad SMARTS) is 1. The molecule has 0 aliphatic rings. The number of nitrogens with zero attached hydrogens (tertiary/aromatic N) is 3. The van der Waals surface area contributed by atoms with E-state index >= 15 is 0 Å². The van der Waals surface area contributed by atoms with E-state index in [1.165, 1.54) is 6.20 Å². The Kier molecular flexibility index (Phi) is 3.55. The van der Waals surface area contributed by atoms with E-state index in [1.54, 1.807) is 6.20 Å². The van der Waals surface area contributed by atoms with Crippen LogP contribution in [0.15, 0.2) is 18.5 Å². The second-order valence-electron chi connectivity index (χ2n) is 4.39. The molecule has 0 saturated carbocycles. The van der Waals surface area contributed by atoms with Crippen LogP contribution in [-0.2, 0) is 6.42 Å². The van der Waals surface area contributed by atoms with Gasteiger partial charge < -0.3 is 5.11 Å². The molecule has 2 aromatic heterocycles. The van der Waals surface area contributed by atoms with Crippen molar-refractivity contribution in [2.45, 2.75) is 27.2 Å². The summed E-state index contributed by atoms with van der Waals surface area (Å²) in [6.45, 7) is 5.78. The Morgan fingerprint density at radius 3 is 2.58 bits per heavy atom. The lowest BCUT2D eigenvalue weighted by Gasteiger charge is -2.07. The van der Waals surface area contributed by atoms with Crippen LogP contribution in [0.25, 0.3) is 11.5 Å². The number of rotatable bonds is 3. The Morgan fingerprint density at radius 2 is 2.00 bits per heavy atom. The van der Waals surface area contributed by atoms with Gasteiger partial charge in [0.25, 0.3) is 0 Å². The Labute approximate surface area is 111 Å². The van der Waals surface area contributed by atoms with Gasteiger partial charge in [0, 0.05) is 12.4 Å². The minimum atomic E-state index is -1.00. The maximum atomic E-state index is 11.0. The fourth-order valence-electron chi connectivity index (χ4n) is 1.93. The Bertz CT molecular complexity index is 639. The standard InChI is InChI=1S/C14H15N3O2/c1-4-11-10(14(18)19)7-16-13(17-11)12-9(3)5-8(2)6-15-12/h5-7H,4H2,1-3H3,(H,18,19). The van der Waals surface area contributed by atoms with Gasteiger partial charge in [-0.3, -0.25) is 4.98 Å². The molecule has 2 rings (SSSR count). The van der Waals surface area contributed by atoms with E-state index in [2.05, 4.69) is 15.0 Å². The predicted molar refractivity (Wildman–Crippen MR) is 71.1 cm³/mol. The van der Waals surface area contributed by atoms with Crippen molar-refractivity contribution >= 4 is 5.97 Å². The molecular formula is C14H15N3O2. The molecule has 0 spiro atoms. The highest BCUT2D eigenvalue weighted by molar-refractivity contribution is 5.88. The predicted octanol–water partition coefficient (Wildman–Crippen LogP) is 2.42. The zero-order chi connectivity index (χ0) is 14.0. The molecule has 5 heteroatoms. The van der Waals surface area contributed by atoms with Gasteiger partial charge >= 0.3 is 5.97 Å². The fraction of sp³-hybridized carbons (Fsp3) is 0.286. The molecule has 0 fully saturated rings. The van der Waals surface area contributed by atoms with Gasteiger partial charge in [0.05, 0.1) is 11.3 Å². The largest absolute Gasteiger partial charge is 0.478 e. The third-order valence-electron chi connectivity index (χ3n) is 2.86. The molecular weight excluding hydrogens is 242 g/mol. The van der Waals surface area contributed by atoms with Crippen LogP contribution in [0.5, 0.6) is 0 Å². The first-order valence-electron chi connectivity index (χ1n) is 6.05. The number of hydrogen-bond donors (Lipinski definition) is 1. The van der Waals surface area contributed by atoms with Crippen LogP contribution in [0.1, 0.15) is 34.1 Å². The number of carboxylic acids is 1. The maximum absolute atomic E-state index is 11.0. The Hall–Kier alpha value is -2.30. The van der Waals surface area contributed by atoms with Gasteiger partial charge in [0.2, 0.25) is 0 Å². The smallest absolute Gasteiger partial charge is 0.339 e. The summed E-state index contributed by atoms with van der Waals surface area (Å²) in [4.78, 5) is 23.8. The SMILES string of the molecule is CCc1nc(-c2ncc(C)cc2C)ncc1C(=O)O. The van der Waals surface area contributed by atoms with E-state index < -0.39 is 5.97 Å². The van der Waals surface area contributed by atoms with Crippen molar-refractivity contribution in [3.63, 3.8) is 0 Å². The number of carbonyl (C=O) groups is 1. The van der Waals surface area contributed by atoms with Crippen molar-refractivity contribution in [1.82, 2.24) is 15.0 Å². The lowest BCUT2D eigenvalue weighted by Crippen LogP contribution is -2.07. The molecule has 0 aliphatic carbocycles. The van der Waals surface area contributed by atoms with Crippen molar-refractivity contribution in [2.75, 3.05) is 0 Å². The lowest BCUT2D eigenvalue weighted by atomic mass is 10.1. The van der Waals surface area contributed by atoms with E-state index in [-0.39, 0.29) is 5.56 Å². The molecule has 0 unspecified atom stereocenters. The Balaban J connectivity index is 2.54. The van der Waals surface area contributed by atoms with Crippen LogP contribution < -0.4 is 0 Å². The normalized spacial score (nSPS) is 10.5. The minimum absolute atomic E-state index is 0.149. The summed E-state index contributed by atoms with van der Waals surface area (Å²) >= 11 is 0. The van der Waals surface area contributed by atoms with E-state index in [9.17, 15) is 4.79 Å². The number of hydrogen-bond acceptors (Lipinski definition) is 4. The van der Waals surface area contributed by atoms with Crippen LogP contribution in [0.4, 0.5) is 0 Å². The van der Waals surface area contributed by atoms with Crippen molar-refractivity contribution in [3.8, 4) is 11.5 Å². The second kappa shape index (κ2) is 5.14. The Morgan fingerprint density at radius 1 is 1.26 bits per heavy atom. The van der Waals surface area contributed by atoms with Crippen molar-refractivity contribution in [2.24, 2.45) is 0 Å². The molecule has 1 N–H and O–H groups in total. The van der Waals surface area contributed by atoms with E-state index in [0.717, 1.165) is 11.1 Å². The third kappa shape index (κ3) is 2.59. The summed E-state index contributed by atoms with van der Waals surface area (Å²) in [7, 11) is 0. The molecule has 0 bridgehead atoms. The molecule has 2 aromatic rings. The summed E-state index contributed by atoms with van der Waals surface area (Å²) in [5.74, 6) is -0.531. The van der Waals surface area contributed by atoms with Crippen LogP contribution in [0, 0.1) is 13.8 Å². The molecule has 0 aliphatic heterocycles. The summed E-state index contributed by atoms with van der Waals surface area (Å²) in [6, 6.07) is 2.00. The third-order valence-corrected chi connectivity index (χ3v) is 2.86. The zero-order valence-electron chi connectivity index (χ0n) is 11.1. The number of pyridine rings is 1. The van der Waals surface area contributed by atoms with Crippen LogP contribution >= 0.6 is 0 Å². The quantitative estimate of drug-likeness (QED) is 0.913. The molecule has 0 aromatic carbocycles. The van der Waals surface area contributed by atoms with Gasteiger partial charge in [0.1, 0.15) is 5.69 Å². The zero-order valence-corrected chi connectivity index (χ0v) is 11.1. The summed E-state index contributed by atoms with van der Waals surface area (Å²) < 4.78 is 0.